The van der Waals surface area contributed by atoms with E-state index < -0.39 is 0 Å². The Morgan fingerprint density at radius 1 is 1.33 bits per heavy atom. The summed E-state index contributed by atoms with van der Waals surface area (Å²) in [5.74, 6) is 0.973. The normalized spacial score (nSPS) is 22.1. The molecular weight excluding hydrogens is 262 g/mol. The van der Waals surface area contributed by atoms with Crippen molar-refractivity contribution in [1.82, 2.24) is 10.3 Å². The van der Waals surface area contributed by atoms with Gasteiger partial charge in [-0.1, -0.05) is 44.0 Å². The zero-order chi connectivity index (χ0) is 14.8. The van der Waals surface area contributed by atoms with Crippen LogP contribution in [0.2, 0.25) is 0 Å². The summed E-state index contributed by atoms with van der Waals surface area (Å²) in [7, 11) is 0. The lowest BCUT2D eigenvalue weighted by Gasteiger charge is -2.27. The molecule has 4 heteroatoms. The Morgan fingerprint density at radius 3 is 2.95 bits per heavy atom. The molecule has 1 aliphatic carbocycles. The van der Waals surface area contributed by atoms with Crippen LogP contribution in [-0.2, 0) is 0 Å². The smallest absolute Gasteiger partial charge is 0.270 e. The summed E-state index contributed by atoms with van der Waals surface area (Å²) in [6.45, 7) is 2.24. The van der Waals surface area contributed by atoms with E-state index in [0.29, 0.717) is 17.4 Å². The Hall–Kier alpha value is -2.10. The Balaban J connectivity index is 1.81. The second kappa shape index (κ2) is 5.72. The maximum atomic E-state index is 12.4. The van der Waals surface area contributed by atoms with Gasteiger partial charge in [-0.2, -0.15) is 0 Å². The average Bonchev–Trinajstić information content (AvgIpc) is 2.47. The van der Waals surface area contributed by atoms with Gasteiger partial charge in [0.15, 0.2) is 0 Å². The topological polar surface area (TPSA) is 68.0 Å². The quantitative estimate of drug-likeness (QED) is 0.889. The molecule has 110 valence electrons. The Kier molecular flexibility index (Phi) is 3.78. The van der Waals surface area contributed by atoms with Gasteiger partial charge in [0.05, 0.1) is 0 Å². The molecule has 1 aromatic carbocycles. The molecule has 0 saturated heterocycles. The summed E-state index contributed by atoms with van der Waals surface area (Å²) in [6, 6.07) is 9.80. The highest BCUT2D eigenvalue weighted by atomic mass is 16.1. The number of aromatic nitrogens is 1. The SMILES string of the molecule is CC1CCCC(NC(=O)c2cc3ccccc3c(N)n2)C1. The van der Waals surface area contributed by atoms with Crippen LogP contribution in [0.4, 0.5) is 5.82 Å². The van der Waals surface area contributed by atoms with Crippen molar-refractivity contribution in [3.05, 3.63) is 36.0 Å². The van der Waals surface area contributed by atoms with Gasteiger partial charge in [-0.3, -0.25) is 4.79 Å². The van der Waals surface area contributed by atoms with Crippen LogP contribution >= 0.6 is 0 Å². The zero-order valence-electron chi connectivity index (χ0n) is 12.3. The molecule has 1 fully saturated rings. The summed E-state index contributed by atoms with van der Waals surface area (Å²) in [5, 5.41) is 4.94. The molecule has 0 aliphatic heterocycles. The third-order valence-corrected chi connectivity index (χ3v) is 4.27. The number of hydrogen-bond acceptors (Lipinski definition) is 3. The van der Waals surface area contributed by atoms with Gasteiger partial charge in [-0.15, -0.1) is 0 Å². The fourth-order valence-electron chi connectivity index (χ4n) is 3.17. The van der Waals surface area contributed by atoms with Crippen molar-refractivity contribution in [2.75, 3.05) is 5.73 Å². The predicted octanol–water partition coefficient (Wildman–Crippen LogP) is 3.13. The van der Waals surface area contributed by atoms with Gasteiger partial charge in [0.1, 0.15) is 11.5 Å². The van der Waals surface area contributed by atoms with E-state index in [1.165, 1.54) is 12.8 Å². The Morgan fingerprint density at radius 2 is 2.14 bits per heavy atom. The molecule has 2 atom stereocenters. The summed E-state index contributed by atoms with van der Waals surface area (Å²) in [5.41, 5.74) is 6.37. The van der Waals surface area contributed by atoms with Gasteiger partial charge in [0, 0.05) is 11.4 Å². The van der Waals surface area contributed by atoms with Crippen LogP contribution in [0.15, 0.2) is 30.3 Å². The van der Waals surface area contributed by atoms with Gasteiger partial charge in [0.25, 0.3) is 5.91 Å². The number of fused-ring (bicyclic) bond motifs is 1. The van der Waals surface area contributed by atoms with Crippen LogP contribution in [0.25, 0.3) is 10.8 Å². The highest BCUT2D eigenvalue weighted by molar-refractivity contribution is 5.99. The number of nitrogens with two attached hydrogens (primary N) is 1. The third kappa shape index (κ3) is 2.99. The van der Waals surface area contributed by atoms with Crippen LogP contribution in [0.1, 0.15) is 43.1 Å². The molecule has 2 unspecified atom stereocenters. The largest absolute Gasteiger partial charge is 0.383 e. The number of amides is 1. The Bertz CT molecular complexity index is 668. The molecule has 1 aliphatic rings. The van der Waals surface area contributed by atoms with Crippen molar-refractivity contribution < 1.29 is 4.79 Å². The number of anilines is 1. The molecule has 4 nitrogen and oxygen atoms in total. The van der Waals surface area contributed by atoms with Crippen LogP contribution < -0.4 is 11.1 Å². The van der Waals surface area contributed by atoms with Gasteiger partial charge < -0.3 is 11.1 Å². The van der Waals surface area contributed by atoms with Gasteiger partial charge in [-0.05, 0) is 30.2 Å². The van der Waals surface area contributed by atoms with Crippen LogP contribution in [0, 0.1) is 5.92 Å². The molecule has 1 heterocycles. The molecule has 3 rings (SSSR count). The van der Waals surface area contributed by atoms with Crippen LogP contribution in [0.3, 0.4) is 0 Å². The van der Waals surface area contributed by atoms with E-state index in [4.69, 9.17) is 5.73 Å². The predicted molar refractivity (Wildman–Crippen MR) is 85.0 cm³/mol. The van der Waals surface area contributed by atoms with Crippen LogP contribution in [-0.4, -0.2) is 16.9 Å². The first kappa shape index (κ1) is 13.9. The minimum absolute atomic E-state index is 0.119. The molecule has 1 aromatic heterocycles. The molecule has 21 heavy (non-hydrogen) atoms. The average molecular weight is 283 g/mol. The standard InChI is InChI=1S/C17H21N3O/c1-11-5-4-7-13(9-11)19-17(21)15-10-12-6-2-3-8-14(12)16(18)20-15/h2-3,6,8,10-11,13H,4-5,7,9H2,1H3,(H2,18,20)(H,19,21). The summed E-state index contributed by atoms with van der Waals surface area (Å²) in [6.07, 6.45) is 4.54. The van der Waals surface area contributed by atoms with Crippen molar-refractivity contribution in [2.24, 2.45) is 5.92 Å². The molecule has 0 radical (unpaired) electrons. The number of nitrogens with zero attached hydrogens (tertiary/aromatic N) is 1. The van der Waals surface area contributed by atoms with Gasteiger partial charge in [-0.25, -0.2) is 4.98 Å². The lowest BCUT2D eigenvalue weighted by molar-refractivity contribution is 0.0916. The molecule has 0 bridgehead atoms. The zero-order valence-corrected chi connectivity index (χ0v) is 12.3. The van der Waals surface area contributed by atoms with E-state index in [1.807, 2.05) is 30.3 Å². The number of pyridine rings is 1. The fraction of sp³-hybridized carbons (Fsp3) is 0.412. The maximum absolute atomic E-state index is 12.4. The first-order chi connectivity index (χ1) is 10.1. The molecule has 1 amide bonds. The number of benzene rings is 1. The van der Waals surface area contributed by atoms with E-state index in [1.54, 1.807) is 0 Å². The number of nitrogen functional groups attached to an aromatic ring is 1. The van der Waals surface area contributed by atoms with Crippen molar-refractivity contribution in [1.29, 1.82) is 0 Å². The number of hydrogen-bond donors (Lipinski definition) is 2. The van der Waals surface area contributed by atoms with Gasteiger partial charge >= 0.3 is 0 Å². The summed E-state index contributed by atoms with van der Waals surface area (Å²) in [4.78, 5) is 16.6. The first-order valence-electron chi connectivity index (χ1n) is 7.59. The molecule has 1 saturated carbocycles. The minimum atomic E-state index is -0.119. The van der Waals surface area contributed by atoms with Crippen LogP contribution in [0.5, 0.6) is 0 Å². The first-order valence-corrected chi connectivity index (χ1v) is 7.59. The summed E-state index contributed by atoms with van der Waals surface area (Å²) < 4.78 is 0. The van der Waals surface area contributed by atoms with Crippen molar-refractivity contribution in [3.8, 4) is 0 Å². The van der Waals surface area contributed by atoms with E-state index in [0.717, 1.165) is 23.6 Å². The number of carbonyl (C=O) groups excluding carboxylic acids is 1. The second-order valence-corrected chi connectivity index (χ2v) is 6.06. The molecule has 3 N–H and O–H groups in total. The maximum Gasteiger partial charge on any atom is 0.270 e. The van der Waals surface area contributed by atoms with Crippen molar-refractivity contribution in [2.45, 2.75) is 38.6 Å². The highest BCUT2D eigenvalue weighted by Crippen LogP contribution is 2.24. The Labute approximate surface area is 124 Å². The summed E-state index contributed by atoms with van der Waals surface area (Å²) >= 11 is 0. The van der Waals surface area contributed by atoms with Gasteiger partial charge in [0.2, 0.25) is 0 Å². The fourth-order valence-corrected chi connectivity index (χ4v) is 3.17. The van der Waals surface area contributed by atoms with E-state index in [9.17, 15) is 4.79 Å². The number of nitrogens with one attached hydrogen (secondary N) is 1. The van der Waals surface area contributed by atoms with E-state index in [-0.39, 0.29) is 11.9 Å². The molecule has 2 aromatic rings. The molecule has 0 spiro atoms. The minimum Gasteiger partial charge on any atom is -0.383 e. The van der Waals surface area contributed by atoms with Crippen molar-refractivity contribution >= 4 is 22.5 Å². The van der Waals surface area contributed by atoms with E-state index in [2.05, 4.69) is 17.2 Å². The lowest BCUT2D eigenvalue weighted by atomic mass is 9.87. The lowest BCUT2D eigenvalue weighted by Crippen LogP contribution is -2.38. The second-order valence-electron chi connectivity index (χ2n) is 6.06. The van der Waals surface area contributed by atoms with E-state index >= 15 is 0 Å². The monoisotopic (exact) mass is 283 g/mol. The van der Waals surface area contributed by atoms with Crippen molar-refractivity contribution in [3.63, 3.8) is 0 Å². The number of rotatable bonds is 2. The highest BCUT2D eigenvalue weighted by Gasteiger charge is 2.21. The third-order valence-electron chi connectivity index (χ3n) is 4.27. The molecular formula is C17H21N3O. The number of carbonyl (C=O) groups is 1.